The summed E-state index contributed by atoms with van der Waals surface area (Å²) in [5.41, 5.74) is 4.50. The average molecular weight is 477 g/mol. The molecule has 0 fully saturated rings. The lowest BCUT2D eigenvalue weighted by atomic mass is 10.2. The second-order valence-electron chi connectivity index (χ2n) is 7.28. The molecule has 3 aromatic carbocycles. The van der Waals surface area contributed by atoms with Gasteiger partial charge in [-0.1, -0.05) is 17.8 Å². The van der Waals surface area contributed by atoms with Crippen molar-refractivity contribution in [2.45, 2.75) is 12.1 Å². The van der Waals surface area contributed by atoms with E-state index in [0.29, 0.717) is 11.3 Å². The van der Waals surface area contributed by atoms with E-state index in [4.69, 9.17) is 9.40 Å². The Labute approximate surface area is 196 Å². The van der Waals surface area contributed by atoms with Crippen LogP contribution in [0.15, 0.2) is 76.4 Å². The number of thiazole rings is 1. The Hall–Kier alpha value is -3.56. The molecule has 0 saturated carbocycles. The summed E-state index contributed by atoms with van der Waals surface area (Å²) in [7, 11) is 0. The number of nitrogens with one attached hydrogen (secondary N) is 1. The molecule has 0 aliphatic carbocycles. The van der Waals surface area contributed by atoms with Gasteiger partial charge in [-0.2, -0.15) is 0 Å². The van der Waals surface area contributed by atoms with Crippen LogP contribution < -0.4 is 5.32 Å². The molecule has 0 aliphatic rings. The molecule has 9 heteroatoms. The molecule has 2 aromatic heterocycles. The van der Waals surface area contributed by atoms with Crippen molar-refractivity contribution in [3.8, 4) is 22.0 Å². The predicted octanol–water partition coefficient (Wildman–Crippen LogP) is 6.19. The minimum Gasteiger partial charge on any atom is -0.411 e. The second kappa shape index (κ2) is 9.13. The van der Waals surface area contributed by atoms with Crippen molar-refractivity contribution >= 4 is 44.9 Å². The number of anilines is 1. The number of nitrogens with zero attached hydrogens (tertiary/aromatic N) is 3. The predicted molar refractivity (Wildman–Crippen MR) is 129 cm³/mol. The van der Waals surface area contributed by atoms with Crippen molar-refractivity contribution in [1.29, 1.82) is 0 Å². The zero-order chi connectivity index (χ0) is 22.8. The Bertz CT molecular complexity index is 1430. The largest absolute Gasteiger partial charge is 0.411 e. The number of amides is 1. The first-order valence-corrected chi connectivity index (χ1v) is 11.8. The second-order valence-corrected chi connectivity index (χ2v) is 9.24. The Morgan fingerprint density at radius 1 is 1.03 bits per heavy atom. The Morgan fingerprint density at radius 3 is 2.58 bits per heavy atom. The standard InChI is InChI=1S/C24H17FN4O2S2/c1-14-2-11-19-20(12-14)33-23(27-19)16-5-9-18(10-6-16)26-21(30)13-32-24-29-28-22(31-24)15-3-7-17(25)8-4-15/h2-12H,13H2,1H3,(H,26,30). The van der Waals surface area contributed by atoms with Crippen LogP contribution in [-0.2, 0) is 4.79 Å². The van der Waals surface area contributed by atoms with Gasteiger partial charge >= 0.3 is 0 Å². The number of carbonyl (C=O) groups excluding carboxylic acids is 1. The highest BCUT2D eigenvalue weighted by atomic mass is 32.2. The summed E-state index contributed by atoms with van der Waals surface area (Å²) in [4.78, 5) is 17.0. The number of aryl methyl sites for hydroxylation is 1. The molecule has 0 unspecified atom stereocenters. The lowest BCUT2D eigenvalue weighted by molar-refractivity contribution is -0.113. The fourth-order valence-electron chi connectivity index (χ4n) is 3.15. The highest BCUT2D eigenvalue weighted by Crippen LogP contribution is 2.31. The van der Waals surface area contributed by atoms with E-state index >= 15 is 0 Å². The number of rotatable bonds is 6. The van der Waals surface area contributed by atoms with E-state index in [0.717, 1.165) is 32.5 Å². The molecular formula is C24H17FN4O2S2. The van der Waals surface area contributed by atoms with E-state index in [9.17, 15) is 9.18 Å². The minimum absolute atomic E-state index is 0.115. The van der Waals surface area contributed by atoms with Crippen molar-refractivity contribution in [1.82, 2.24) is 15.2 Å². The number of hydrogen-bond donors (Lipinski definition) is 1. The molecule has 0 aliphatic heterocycles. The van der Waals surface area contributed by atoms with Gasteiger partial charge < -0.3 is 9.73 Å². The minimum atomic E-state index is -0.340. The van der Waals surface area contributed by atoms with Crippen LogP contribution in [0, 0.1) is 12.7 Å². The smallest absolute Gasteiger partial charge is 0.277 e. The topological polar surface area (TPSA) is 80.9 Å². The summed E-state index contributed by atoms with van der Waals surface area (Å²) in [5, 5.41) is 11.9. The summed E-state index contributed by atoms with van der Waals surface area (Å²) in [6.07, 6.45) is 0. The summed E-state index contributed by atoms with van der Waals surface area (Å²) in [5.74, 6) is -0.139. The van der Waals surface area contributed by atoms with Crippen LogP contribution in [0.3, 0.4) is 0 Å². The normalized spacial score (nSPS) is 11.1. The van der Waals surface area contributed by atoms with E-state index in [2.05, 4.69) is 34.6 Å². The number of thioether (sulfide) groups is 1. The quantitative estimate of drug-likeness (QED) is 0.294. The Kier molecular flexibility index (Phi) is 5.89. The number of halogens is 1. The Balaban J connectivity index is 1.18. The van der Waals surface area contributed by atoms with Crippen LogP contribution in [0.1, 0.15) is 5.56 Å². The van der Waals surface area contributed by atoms with Crippen LogP contribution in [0.4, 0.5) is 10.1 Å². The summed E-state index contributed by atoms with van der Waals surface area (Å²) in [6.45, 7) is 2.07. The summed E-state index contributed by atoms with van der Waals surface area (Å²) >= 11 is 2.78. The first-order chi connectivity index (χ1) is 16.0. The van der Waals surface area contributed by atoms with E-state index in [1.165, 1.54) is 17.7 Å². The molecule has 1 amide bonds. The van der Waals surface area contributed by atoms with Crippen molar-refractivity contribution in [2.75, 3.05) is 11.1 Å². The van der Waals surface area contributed by atoms with Crippen LogP contribution in [0.2, 0.25) is 0 Å². The van der Waals surface area contributed by atoms with Gasteiger partial charge in [0.15, 0.2) is 0 Å². The first kappa shape index (κ1) is 21.3. The number of benzene rings is 3. The highest BCUT2D eigenvalue weighted by Gasteiger charge is 2.12. The van der Waals surface area contributed by atoms with Crippen LogP contribution in [0.5, 0.6) is 0 Å². The van der Waals surface area contributed by atoms with Gasteiger partial charge in [0.1, 0.15) is 10.8 Å². The fraction of sp³-hybridized carbons (Fsp3) is 0.0833. The van der Waals surface area contributed by atoms with Gasteiger partial charge in [-0.3, -0.25) is 4.79 Å². The van der Waals surface area contributed by atoms with Crippen molar-refractivity contribution in [3.63, 3.8) is 0 Å². The average Bonchev–Trinajstić information content (AvgIpc) is 3.46. The lowest BCUT2D eigenvalue weighted by Gasteiger charge is -2.04. The van der Waals surface area contributed by atoms with Crippen LogP contribution in [0.25, 0.3) is 32.2 Å². The molecule has 0 spiro atoms. The van der Waals surface area contributed by atoms with E-state index in [1.807, 2.05) is 30.3 Å². The van der Waals surface area contributed by atoms with Gasteiger partial charge in [-0.15, -0.1) is 21.5 Å². The molecule has 0 atom stereocenters. The maximum Gasteiger partial charge on any atom is 0.277 e. The van der Waals surface area contributed by atoms with Crippen molar-refractivity contribution < 1.29 is 13.6 Å². The Morgan fingerprint density at radius 2 is 1.79 bits per heavy atom. The van der Waals surface area contributed by atoms with Gasteiger partial charge in [0, 0.05) is 16.8 Å². The van der Waals surface area contributed by atoms with Crippen molar-refractivity contribution in [3.05, 3.63) is 78.1 Å². The van der Waals surface area contributed by atoms with Crippen LogP contribution in [-0.4, -0.2) is 26.8 Å². The zero-order valence-corrected chi connectivity index (χ0v) is 19.0. The summed E-state index contributed by atoms with van der Waals surface area (Å²) in [6, 6.07) is 19.6. The molecule has 0 radical (unpaired) electrons. The van der Waals surface area contributed by atoms with Gasteiger partial charge in [0.05, 0.1) is 16.0 Å². The van der Waals surface area contributed by atoms with Gasteiger partial charge in [0.25, 0.3) is 5.22 Å². The summed E-state index contributed by atoms with van der Waals surface area (Å²) < 4.78 is 19.7. The van der Waals surface area contributed by atoms with Gasteiger partial charge in [-0.25, -0.2) is 9.37 Å². The number of fused-ring (bicyclic) bond motifs is 1. The first-order valence-electron chi connectivity index (χ1n) is 10.0. The maximum absolute atomic E-state index is 13.0. The molecule has 0 saturated heterocycles. The number of hydrogen-bond acceptors (Lipinski definition) is 7. The zero-order valence-electron chi connectivity index (χ0n) is 17.4. The molecule has 164 valence electrons. The SMILES string of the molecule is Cc1ccc2nc(-c3ccc(NC(=O)CSc4nnc(-c5ccc(F)cc5)o4)cc3)sc2c1. The van der Waals surface area contributed by atoms with E-state index < -0.39 is 0 Å². The molecule has 1 N–H and O–H groups in total. The third kappa shape index (κ3) is 4.94. The maximum atomic E-state index is 13.0. The molecule has 5 rings (SSSR count). The molecule has 0 bridgehead atoms. The number of aromatic nitrogens is 3. The molecule has 2 heterocycles. The van der Waals surface area contributed by atoms with Gasteiger partial charge in [-0.05, 0) is 73.2 Å². The third-order valence-electron chi connectivity index (χ3n) is 4.78. The monoisotopic (exact) mass is 476 g/mol. The number of carbonyl (C=O) groups is 1. The highest BCUT2D eigenvalue weighted by molar-refractivity contribution is 7.99. The van der Waals surface area contributed by atoms with Crippen LogP contribution >= 0.6 is 23.1 Å². The van der Waals surface area contributed by atoms with Gasteiger partial charge in [0.2, 0.25) is 11.8 Å². The van der Waals surface area contributed by atoms with Crippen molar-refractivity contribution in [2.24, 2.45) is 0 Å². The molecular weight excluding hydrogens is 459 g/mol. The third-order valence-corrected chi connectivity index (χ3v) is 6.67. The van der Waals surface area contributed by atoms with E-state index in [1.54, 1.807) is 23.5 Å². The molecule has 6 nitrogen and oxygen atoms in total. The molecule has 33 heavy (non-hydrogen) atoms. The van der Waals surface area contributed by atoms with E-state index in [-0.39, 0.29) is 28.6 Å². The lowest BCUT2D eigenvalue weighted by Crippen LogP contribution is -2.13. The molecule has 5 aromatic rings. The fourth-order valence-corrected chi connectivity index (χ4v) is 4.79.